The van der Waals surface area contributed by atoms with Gasteiger partial charge in [-0.1, -0.05) is 11.3 Å². The molecule has 248 valence electrons. The van der Waals surface area contributed by atoms with E-state index in [0.717, 1.165) is 35.3 Å². The van der Waals surface area contributed by atoms with E-state index in [1.165, 1.54) is 12.1 Å². The highest BCUT2D eigenvalue weighted by atomic mass is 32.1. The molecule has 4 aliphatic heterocycles. The van der Waals surface area contributed by atoms with Crippen molar-refractivity contribution in [3.8, 4) is 17.3 Å². The molecule has 16 heteroatoms. The molecule has 3 unspecified atom stereocenters. The zero-order valence-corrected chi connectivity index (χ0v) is 26.0. The number of piperazine rings is 1. The first-order valence-electron chi connectivity index (χ1n) is 15.9. The summed E-state index contributed by atoms with van der Waals surface area (Å²) in [6.07, 6.45) is 0.615. The van der Waals surface area contributed by atoms with E-state index >= 15 is 0 Å². The number of nitrogens with two attached hydrogens (primary N) is 1. The fourth-order valence-corrected chi connectivity index (χ4v) is 8.92. The molecule has 9 rings (SSSR count). The van der Waals surface area contributed by atoms with Crippen LogP contribution in [0.15, 0.2) is 23.0 Å². The zero-order chi connectivity index (χ0) is 32.2. The lowest BCUT2D eigenvalue weighted by Crippen LogP contribution is -2.64. The molecule has 11 nitrogen and oxygen atoms in total. The predicted octanol–water partition coefficient (Wildman–Crippen LogP) is 3.50. The molecule has 0 spiro atoms. The first kappa shape index (κ1) is 29.5. The molecule has 1 aliphatic carbocycles. The summed E-state index contributed by atoms with van der Waals surface area (Å²) >= 11 is 0.939. The second-order valence-corrected chi connectivity index (χ2v) is 14.4. The van der Waals surface area contributed by atoms with Crippen LogP contribution in [0, 0.1) is 5.82 Å². The minimum Gasteiger partial charge on any atom is -0.461 e. The fourth-order valence-electron chi connectivity index (χ4n) is 8.15. The summed E-state index contributed by atoms with van der Waals surface area (Å²) in [4.78, 5) is 32.6. The summed E-state index contributed by atoms with van der Waals surface area (Å²) in [7, 11) is 0. The van der Waals surface area contributed by atoms with Crippen LogP contribution >= 0.6 is 11.3 Å². The molecule has 3 N–H and O–H groups in total. The van der Waals surface area contributed by atoms with E-state index in [0.29, 0.717) is 39.3 Å². The number of morpholine rings is 1. The average Bonchev–Trinajstić information content (AvgIpc) is 3.33. The van der Waals surface area contributed by atoms with Gasteiger partial charge in [-0.3, -0.25) is 14.3 Å². The number of benzene rings is 1. The molecule has 0 radical (unpaired) electrons. The summed E-state index contributed by atoms with van der Waals surface area (Å²) < 4.78 is 72.4. The molecule has 0 amide bonds. The number of fused-ring (bicyclic) bond motifs is 5. The van der Waals surface area contributed by atoms with Crippen LogP contribution < -0.4 is 26.2 Å². The Morgan fingerprint density at radius 3 is 2.70 bits per heavy atom. The van der Waals surface area contributed by atoms with Gasteiger partial charge in [-0.05, 0) is 37.6 Å². The number of nitrogens with one attached hydrogen (secondary N) is 1. The highest BCUT2D eigenvalue weighted by molar-refractivity contribution is 7.22. The average molecular weight is 673 g/mol. The molecule has 5 aliphatic rings. The Hall–Kier alpha value is -3.60. The molecule has 5 fully saturated rings. The van der Waals surface area contributed by atoms with Crippen molar-refractivity contribution < 1.29 is 27.0 Å². The van der Waals surface area contributed by atoms with Crippen LogP contribution in [0.4, 0.5) is 28.5 Å². The van der Waals surface area contributed by atoms with Gasteiger partial charge in [0.15, 0.2) is 5.13 Å². The molecule has 47 heavy (non-hydrogen) atoms. The lowest BCUT2D eigenvalue weighted by molar-refractivity contribution is 0.0522. The Kier molecular flexibility index (Phi) is 6.56. The van der Waals surface area contributed by atoms with E-state index in [4.69, 9.17) is 20.2 Å². The van der Waals surface area contributed by atoms with Crippen molar-refractivity contribution in [1.82, 2.24) is 29.7 Å². The molecule has 3 aromatic heterocycles. The molecule has 1 aromatic carbocycles. The van der Waals surface area contributed by atoms with Gasteiger partial charge in [0, 0.05) is 38.0 Å². The van der Waals surface area contributed by atoms with Gasteiger partial charge in [-0.15, -0.1) is 0 Å². The molecule has 7 heterocycles. The third-order valence-electron chi connectivity index (χ3n) is 10.4. The van der Waals surface area contributed by atoms with Gasteiger partial charge in [0.25, 0.3) is 11.5 Å². The Morgan fingerprint density at radius 1 is 1.15 bits per heavy atom. The Labute approximate surface area is 269 Å². The third-order valence-corrected chi connectivity index (χ3v) is 11.3. The number of alkyl halides is 3. The van der Waals surface area contributed by atoms with Crippen LogP contribution in [0.3, 0.4) is 0 Å². The van der Waals surface area contributed by atoms with Crippen molar-refractivity contribution in [3.05, 3.63) is 34.4 Å². The van der Waals surface area contributed by atoms with Gasteiger partial charge < -0.3 is 25.4 Å². The second-order valence-electron chi connectivity index (χ2n) is 13.4. The number of pyridine rings is 1. The molecule has 1 saturated carbocycles. The van der Waals surface area contributed by atoms with Crippen molar-refractivity contribution in [2.75, 3.05) is 56.6 Å². The summed E-state index contributed by atoms with van der Waals surface area (Å²) in [5.41, 5.74) is 5.57. The van der Waals surface area contributed by atoms with E-state index in [-0.39, 0.29) is 68.0 Å². The summed E-state index contributed by atoms with van der Waals surface area (Å²) in [6, 6.07) is 2.45. The van der Waals surface area contributed by atoms with Gasteiger partial charge in [0.2, 0.25) is 0 Å². The minimum atomic E-state index is -3.11. The number of rotatable bonds is 6. The van der Waals surface area contributed by atoms with Crippen LogP contribution in [-0.4, -0.2) is 100 Å². The monoisotopic (exact) mass is 672 g/mol. The number of hydrogen-bond acceptors (Lipinski definition) is 11. The van der Waals surface area contributed by atoms with Gasteiger partial charge in [0.05, 0.1) is 52.3 Å². The smallest absolute Gasteiger partial charge is 0.319 e. The lowest BCUT2D eigenvalue weighted by atomic mass is 9.95. The summed E-state index contributed by atoms with van der Waals surface area (Å²) in [6.45, 7) is 3.23. The van der Waals surface area contributed by atoms with Crippen molar-refractivity contribution in [3.63, 3.8) is 0 Å². The number of nitrogens with zero attached hydrogens (tertiary/aromatic N) is 6. The van der Waals surface area contributed by atoms with E-state index < -0.39 is 41.5 Å². The third kappa shape index (κ3) is 4.62. The number of nitrogen functional groups attached to an aromatic ring is 1. The quantitative estimate of drug-likeness (QED) is 0.295. The molecule has 5 atom stereocenters. The topological polar surface area (TPSA) is 124 Å². The highest BCUT2D eigenvalue weighted by Crippen LogP contribution is 2.54. The van der Waals surface area contributed by atoms with E-state index in [9.17, 15) is 22.4 Å². The highest BCUT2D eigenvalue weighted by Gasteiger charge is 2.59. The number of anilines is 2. The first-order chi connectivity index (χ1) is 22.6. The normalized spacial score (nSPS) is 29.9. The molecule has 4 saturated heterocycles. The number of aromatic nitrogens is 4. The SMILES string of the molecule is Nc1nc2c(-c3cc4nc(OC[C@@]56CCCN5C[C@H](F)C6)nc(N5C6CNCC5COC6)c4c(=O)n3C3CC3(F)F)ccc(F)c2s1. The van der Waals surface area contributed by atoms with Gasteiger partial charge in [-0.25, -0.2) is 22.5 Å². The summed E-state index contributed by atoms with van der Waals surface area (Å²) in [5.74, 6) is -3.38. The van der Waals surface area contributed by atoms with Crippen molar-refractivity contribution in [2.24, 2.45) is 0 Å². The Bertz CT molecular complexity index is 1970. The second kappa shape index (κ2) is 10.4. The van der Waals surface area contributed by atoms with Crippen LogP contribution in [-0.2, 0) is 4.74 Å². The standard InChI is InChI=1S/C31H32F4N8O3S/c32-15-7-30(4-1-5-41(30)11-15)14-46-29-38-20-6-21(18-2-3-19(33)25-24(18)39-28(36)47-25)43(22-8-31(22,34)35)27(44)23(20)26(40-29)42-16-9-37-10-17(42)13-45-12-16/h2-3,6,15-17,22,37H,1,4-5,7-14H2,(H2,36,39)/t15-,16?,17?,22?,30+/m1/s1. The maximum absolute atomic E-state index is 14.9. The summed E-state index contributed by atoms with van der Waals surface area (Å²) in [5, 5.41) is 3.58. The number of hydrogen-bond donors (Lipinski definition) is 2. The minimum absolute atomic E-state index is 0.00978. The van der Waals surface area contributed by atoms with Crippen LogP contribution in [0.1, 0.15) is 31.7 Å². The van der Waals surface area contributed by atoms with E-state index in [2.05, 4.69) is 20.2 Å². The molecular formula is C31H32F4N8O3S. The lowest BCUT2D eigenvalue weighted by Gasteiger charge is -2.46. The van der Waals surface area contributed by atoms with Gasteiger partial charge in [0.1, 0.15) is 35.8 Å². The molecular weight excluding hydrogens is 640 g/mol. The van der Waals surface area contributed by atoms with Crippen LogP contribution in [0.5, 0.6) is 6.01 Å². The molecule has 2 bridgehead atoms. The maximum atomic E-state index is 14.9. The Morgan fingerprint density at radius 2 is 1.94 bits per heavy atom. The van der Waals surface area contributed by atoms with Crippen LogP contribution in [0.2, 0.25) is 0 Å². The van der Waals surface area contributed by atoms with Crippen molar-refractivity contribution in [2.45, 2.75) is 61.4 Å². The largest absolute Gasteiger partial charge is 0.461 e. The fraction of sp³-hybridized carbons (Fsp3) is 0.548. The van der Waals surface area contributed by atoms with Gasteiger partial charge in [-0.2, -0.15) is 9.97 Å². The number of halogens is 4. The van der Waals surface area contributed by atoms with Gasteiger partial charge >= 0.3 is 6.01 Å². The number of thiazole rings is 1. The zero-order valence-electron chi connectivity index (χ0n) is 25.2. The number of ether oxygens (including phenoxy) is 2. The van der Waals surface area contributed by atoms with Crippen molar-refractivity contribution in [1.29, 1.82) is 0 Å². The van der Waals surface area contributed by atoms with E-state index in [1.807, 2.05) is 4.90 Å². The van der Waals surface area contributed by atoms with Crippen LogP contribution in [0.25, 0.3) is 32.4 Å². The first-order valence-corrected chi connectivity index (χ1v) is 16.7. The predicted molar refractivity (Wildman–Crippen MR) is 168 cm³/mol. The molecule has 4 aromatic rings. The van der Waals surface area contributed by atoms with E-state index in [1.54, 1.807) is 6.07 Å². The Balaban J connectivity index is 1.26. The van der Waals surface area contributed by atoms with Crippen molar-refractivity contribution >= 4 is 43.4 Å². The maximum Gasteiger partial charge on any atom is 0.319 e.